The number of rotatable bonds is 13. The van der Waals surface area contributed by atoms with Crippen molar-refractivity contribution in [3.05, 3.63) is 29.8 Å². The van der Waals surface area contributed by atoms with E-state index < -0.39 is 0 Å². The van der Waals surface area contributed by atoms with Crippen LogP contribution in [0, 0.1) is 5.92 Å². The topological polar surface area (TPSA) is 67.4 Å². The van der Waals surface area contributed by atoms with Gasteiger partial charge in [0.2, 0.25) is 0 Å². The molecule has 8 heteroatoms. The van der Waals surface area contributed by atoms with Gasteiger partial charge in [0.1, 0.15) is 12.4 Å². The zero-order valence-corrected chi connectivity index (χ0v) is 21.0. The molecule has 0 saturated carbocycles. The molecule has 0 spiro atoms. The minimum Gasteiger partial charge on any atom is -0.492 e. The molecule has 2 N–H and O–H groups in total. The molecule has 7 nitrogen and oxygen atoms in total. The summed E-state index contributed by atoms with van der Waals surface area (Å²) in [7, 11) is 4.08. The summed E-state index contributed by atoms with van der Waals surface area (Å²) in [6.45, 7) is 9.21. The van der Waals surface area contributed by atoms with Gasteiger partial charge >= 0.3 is 0 Å². The van der Waals surface area contributed by atoms with Crippen LogP contribution in [-0.4, -0.2) is 77.6 Å². The van der Waals surface area contributed by atoms with Gasteiger partial charge in [-0.15, -0.1) is 24.0 Å². The van der Waals surface area contributed by atoms with Crippen LogP contribution in [0.1, 0.15) is 25.3 Å². The summed E-state index contributed by atoms with van der Waals surface area (Å²) in [6, 6.07) is 8.14. The van der Waals surface area contributed by atoms with Gasteiger partial charge in [-0.2, -0.15) is 0 Å². The lowest BCUT2D eigenvalue weighted by Gasteiger charge is -2.13. The Balaban J connectivity index is 0.00000450. The first-order chi connectivity index (χ1) is 14.2. The van der Waals surface area contributed by atoms with Gasteiger partial charge < -0.3 is 29.7 Å². The predicted octanol–water partition coefficient (Wildman–Crippen LogP) is 2.74. The van der Waals surface area contributed by atoms with Crippen molar-refractivity contribution in [3.8, 4) is 5.75 Å². The van der Waals surface area contributed by atoms with Gasteiger partial charge in [0, 0.05) is 38.8 Å². The summed E-state index contributed by atoms with van der Waals surface area (Å²) in [6.07, 6.45) is 2.07. The maximum Gasteiger partial charge on any atom is 0.191 e. The van der Waals surface area contributed by atoms with Crippen molar-refractivity contribution < 1.29 is 14.2 Å². The minimum atomic E-state index is 0. The fourth-order valence-electron chi connectivity index (χ4n) is 2.94. The highest BCUT2D eigenvalue weighted by Crippen LogP contribution is 2.14. The second kappa shape index (κ2) is 16.6. The monoisotopic (exact) mass is 534 g/mol. The van der Waals surface area contributed by atoms with Crippen molar-refractivity contribution >= 4 is 29.9 Å². The Hall–Kier alpha value is -1.10. The molecule has 172 valence electrons. The standard InChI is InChI=1S/C22H38N4O3.HI/c1-4-23-22(24-10-6-12-27-17-20-9-13-28-18-20)25-16-19-7-5-8-21(15-19)29-14-11-26(2)3;/h5,7-8,15,20H,4,6,9-14,16-18H2,1-3H3,(H2,23,24,25);1H. The van der Waals surface area contributed by atoms with Crippen LogP contribution in [0.3, 0.4) is 0 Å². The summed E-state index contributed by atoms with van der Waals surface area (Å²) < 4.78 is 16.9. The molecule has 1 heterocycles. The fourth-order valence-corrected chi connectivity index (χ4v) is 2.94. The highest BCUT2D eigenvalue weighted by atomic mass is 127. The van der Waals surface area contributed by atoms with E-state index in [0.717, 1.165) is 76.2 Å². The minimum absolute atomic E-state index is 0. The number of halogens is 1. The van der Waals surface area contributed by atoms with Crippen molar-refractivity contribution in [1.82, 2.24) is 15.5 Å². The first-order valence-corrected chi connectivity index (χ1v) is 10.7. The zero-order valence-electron chi connectivity index (χ0n) is 18.7. The quantitative estimate of drug-likeness (QED) is 0.176. The third kappa shape index (κ3) is 11.9. The fraction of sp³-hybridized carbons (Fsp3) is 0.682. The van der Waals surface area contributed by atoms with Gasteiger partial charge in [0.25, 0.3) is 0 Å². The Morgan fingerprint density at radius 3 is 2.87 bits per heavy atom. The van der Waals surface area contributed by atoms with Crippen LogP contribution in [0.2, 0.25) is 0 Å². The van der Waals surface area contributed by atoms with E-state index >= 15 is 0 Å². The number of hydrogen-bond donors (Lipinski definition) is 2. The predicted molar refractivity (Wildman–Crippen MR) is 133 cm³/mol. The molecule has 1 fully saturated rings. The molecule has 1 aromatic carbocycles. The van der Waals surface area contributed by atoms with Gasteiger partial charge in [0.05, 0.1) is 19.8 Å². The second-order valence-corrected chi connectivity index (χ2v) is 7.58. The molecule has 1 saturated heterocycles. The molecule has 1 aliphatic rings. The van der Waals surface area contributed by atoms with Crippen molar-refractivity contribution in [2.75, 3.05) is 66.8 Å². The van der Waals surface area contributed by atoms with Crippen LogP contribution in [0.5, 0.6) is 5.75 Å². The van der Waals surface area contributed by atoms with E-state index in [1.165, 1.54) is 0 Å². The van der Waals surface area contributed by atoms with Crippen LogP contribution in [0.4, 0.5) is 0 Å². The number of nitrogens with one attached hydrogen (secondary N) is 2. The lowest BCUT2D eigenvalue weighted by Crippen LogP contribution is -2.38. The highest BCUT2D eigenvalue weighted by Gasteiger charge is 2.15. The molecule has 1 unspecified atom stereocenters. The normalized spacial score (nSPS) is 16.4. The van der Waals surface area contributed by atoms with E-state index in [-0.39, 0.29) is 24.0 Å². The largest absolute Gasteiger partial charge is 0.492 e. The summed E-state index contributed by atoms with van der Waals surface area (Å²) >= 11 is 0. The Bertz CT molecular complexity index is 596. The molecular weight excluding hydrogens is 495 g/mol. The molecule has 0 radical (unpaired) electrons. The van der Waals surface area contributed by atoms with Gasteiger partial charge in [0.15, 0.2) is 5.96 Å². The SMILES string of the molecule is CCNC(=NCc1cccc(OCCN(C)C)c1)NCCCOCC1CCOC1.I. The smallest absolute Gasteiger partial charge is 0.191 e. The van der Waals surface area contributed by atoms with Gasteiger partial charge in [-0.05, 0) is 51.6 Å². The van der Waals surface area contributed by atoms with E-state index in [1.807, 2.05) is 26.2 Å². The summed E-state index contributed by atoms with van der Waals surface area (Å²) in [4.78, 5) is 6.80. The summed E-state index contributed by atoms with van der Waals surface area (Å²) in [5.41, 5.74) is 1.13. The van der Waals surface area contributed by atoms with Crippen LogP contribution in [-0.2, 0) is 16.0 Å². The lowest BCUT2D eigenvalue weighted by molar-refractivity contribution is 0.0888. The summed E-state index contributed by atoms with van der Waals surface area (Å²) in [5.74, 6) is 2.29. The van der Waals surface area contributed by atoms with E-state index in [1.54, 1.807) is 0 Å². The molecule has 30 heavy (non-hydrogen) atoms. The zero-order chi connectivity index (χ0) is 20.7. The Kier molecular flexibility index (Phi) is 14.9. The molecule has 1 atom stereocenters. The Morgan fingerprint density at radius 2 is 2.13 bits per heavy atom. The number of aliphatic imine (C=N–C) groups is 1. The molecule has 0 aromatic heterocycles. The lowest BCUT2D eigenvalue weighted by atomic mass is 10.1. The average Bonchev–Trinajstić information content (AvgIpc) is 3.22. The maximum absolute atomic E-state index is 5.81. The second-order valence-electron chi connectivity index (χ2n) is 7.58. The first kappa shape index (κ1) is 26.9. The number of benzene rings is 1. The van der Waals surface area contributed by atoms with E-state index in [4.69, 9.17) is 14.2 Å². The molecule has 0 bridgehead atoms. The van der Waals surface area contributed by atoms with Gasteiger partial charge in [-0.3, -0.25) is 0 Å². The molecule has 0 aliphatic carbocycles. The molecule has 1 aliphatic heterocycles. The van der Waals surface area contributed by atoms with E-state index in [2.05, 4.69) is 39.6 Å². The van der Waals surface area contributed by atoms with Gasteiger partial charge in [-0.1, -0.05) is 12.1 Å². The number of guanidine groups is 1. The maximum atomic E-state index is 5.81. The number of hydrogen-bond acceptors (Lipinski definition) is 5. The third-order valence-electron chi connectivity index (χ3n) is 4.61. The molecule has 1 aromatic rings. The van der Waals surface area contributed by atoms with Gasteiger partial charge in [-0.25, -0.2) is 4.99 Å². The number of ether oxygens (including phenoxy) is 3. The van der Waals surface area contributed by atoms with E-state index in [0.29, 0.717) is 19.1 Å². The number of likely N-dealkylation sites (N-methyl/N-ethyl adjacent to an activating group) is 1. The Labute approximate surface area is 199 Å². The van der Waals surface area contributed by atoms with Crippen LogP contribution >= 0.6 is 24.0 Å². The first-order valence-electron chi connectivity index (χ1n) is 10.7. The average molecular weight is 534 g/mol. The van der Waals surface area contributed by atoms with Crippen LogP contribution in [0.15, 0.2) is 29.3 Å². The molecule has 0 amide bonds. The summed E-state index contributed by atoms with van der Waals surface area (Å²) in [5, 5.41) is 6.67. The van der Waals surface area contributed by atoms with Crippen LogP contribution in [0.25, 0.3) is 0 Å². The Morgan fingerprint density at radius 1 is 1.27 bits per heavy atom. The highest BCUT2D eigenvalue weighted by molar-refractivity contribution is 14.0. The van der Waals surface area contributed by atoms with Crippen molar-refractivity contribution in [2.45, 2.75) is 26.3 Å². The van der Waals surface area contributed by atoms with E-state index in [9.17, 15) is 0 Å². The number of nitrogens with zero attached hydrogens (tertiary/aromatic N) is 2. The van der Waals surface area contributed by atoms with Crippen molar-refractivity contribution in [3.63, 3.8) is 0 Å². The molecule has 2 rings (SSSR count). The van der Waals surface area contributed by atoms with Crippen molar-refractivity contribution in [1.29, 1.82) is 0 Å². The third-order valence-corrected chi connectivity index (χ3v) is 4.61. The molecular formula is C22H39IN4O3. The van der Waals surface area contributed by atoms with Crippen molar-refractivity contribution in [2.24, 2.45) is 10.9 Å². The van der Waals surface area contributed by atoms with Crippen LogP contribution < -0.4 is 15.4 Å².